The van der Waals surface area contributed by atoms with Crippen molar-refractivity contribution in [3.8, 4) is 5.75 Å². The second-order valence-electron chi connectivity index (χ2n) is 6.56. The van der Waals surface area contributed by atoms with Crippen LogP contribution in [0.15, 0.2) is 30.4 Å². The first-order chi connectivity index (χ1) is 9.83. The maximum absolute atomic E-state index is 13.0. The Morgan fingerprint density at radius 1 is 1.33 bits per heavy atom. The summed E-state index contributed by atoms with van der Waals surface area (Å²) in [6.07, 6.45) is 3.76. The second kappa shape index (κ2) is 4.42. The Morgan fingerprint density at radius 2 is 2.05 bits per heavy atom. The zero-order chi connectivity index (χ0) is 15.4. The minimum Gasteiger partial charge on any atom is -0.496 e. The van der Waals surface area contributed by atoms with E-state index in [2.05, 4.69) is 0 Å². The van der Waals surface area contributed by atoms with Gasteiger partial charge in [-0.2, -0.15) is 0 Å². The molecule has 1 N–H and O–H groups in total. The van der Waals surface area contributed by atoms with Crippen molar-refractivity contribution in [2.45, 2.75) is 32.0 Å². The average Bonchev–Trinajstić information content (AvgIpc) is 2.76. The van der Waals surface area contributed by atoms with Gasteiger partial charge in [-0.1, -0.05) is 38.1 Å². The molecule has 1 heterocycles. The normalized spacial score (nSPS) is 30.7. The Balaban J connectivity index is 2.13. The van der Waals surface area contributed by atoms with Gasteiger partial charge >= 0.3 is 0 Å². The van der Waals surface area contributed by atoms with Crippen LogP contribution in [0.5, 0.6) is 5.75 Å². The number of aliphatic hydroxyl groups is 1. The Kier molecular flexibility index (Phi) is 3.01. The molecule has 4 heteroatoms. The topological polar surface area (TPSA) is 49.8 Å². The lowest BCUT2D eigenvalue weighted by molar-refractivity contribution is -0.0849. The van der Waals surface area contributed by atoms with Crippen molar-refractivity contribution in [3.63, 3.8) is 0 Å². The highest BCUT2D eigenvalue weighted by atomic mass is 16.5. The third-order valence-electron chi connectivity index (χ3n) is 4.86. The van der Waals surface area contributed by atoms with Gasteiger partial charge in [0.25, 0.3) is 0 Å². The third kappa shape index (κ3) is 1.79. The van der Waals surface area contributed by atoms with Crippen molar-refractivity contribution in [2.75, 3.05) is 14.2 Å². The van der Waals surface area contributed by atoms with Crippen LogP contribution in [0, 0.1) is 5.41 Å². The second-order valence-corrected chi connectivity index (χ2v) is 6.56. The van der Waals surface area contributed by atoms with E-state index >= 15 is 0 Å². The predicted molar refractivity (Wildman–Crippen MR) is 80.5 cm³/mol. The molecule has 2 unspecified atom stereocenters. The Hall–Kier alpha value is -1.65. The van der Waals surface area contributed by atoms with E-state index in [1.807, 2.05) is 51.2 Å². The standard InChI is InChI=1S/C17H21NO3/c1-16(2)8-9-17(18(3)15(16)20)10-11-6-5-7-12(21-4)13(11)14(17)19/h5-9,15,20H,10H2,1-4H3. The van der Waals surface area contributed by atoms with Crippen molar-refractivity contribution < 1.29 is 14.6 Å². The smallest absolute Gasteiger partial charge is 0.191 e. The number of rotatable bonds is 1. The third-order valence-corrected chi connectivity index (χ3v) is 4.86. The number of carbonyl (C=O) groups is 1. The highest BCUT2D eigenvalue weighted by Gasteiger charge is 2.53. The molecule has 1 spiro atoms. The Labute approximate surface area is 125 Å². The first-order valence-corrected chi connectivity index (χ1v) is 7.15. The van der Waals surface area contributed by atoms with Crippen molar-refractivity contribution >= 4 is 5.78 Å². The van der Waals surface area contributed by atoms with Crippen LogP contribution in [0.25, 0.3) is 0 Å². The fourth-order valence-corrected chi connectivity index (χ4v) is 3.43. The molecule has 0 aromatic heterocycles. The van der Waals surface area contributed by atoms with Crippen LogP contribution in [-0.2, 0) is 6.42 Å². The zero-order valence-electron chi connectivity index (χ0n) is 12.9. The van der Waals surface area contributed by atoms with Gasteiger partial charge < -0.3 is 9.84 Å². The van der Waals surface area contributed by atoms with Crippen LogP contribution in [0.4, 0.5) is 0 Å². The van der Waals surface area contributed by atoms with Gasteiger partial charge in [0, 0.05) is 11.8 Å². The summed E-state index contributed by atoms with van der Waals surface area (Å²) in [7, 11) is 3.39. The number of hydrogen-bond donors (Lipinski definition) is 1. The Bertz CT molecular complexity index is 635. The molecule has 0 saturated carbocycles. The van der Waals surface area contributed by atoms with E-state index in [9.17, 15) is 9.90 Å². The summed E-state index contributed by atoms with van der Waals surface area (Å²) < 4.78 is 5.34. The van der Waals surface area contributed by atoms with E-state index in [4.69, 9.17) is 4.74 Å². The maximum atomic E-state index is 13.0. The van der Waals surface area contributed by atoms with Gasteiger partial charge in [-0.05, 0) is 18.7 Å². The van der Waals surface area contributed by atoms with Crippen LogP contribution in [-0.4, -0.2) is 41.7 Å². The number of benzene rings is 1. The summed E-state index contributed by atoms with van der Waals surface area (Å²) >= 11 is 0. The summed E-state index contributed by atoms with van der Waals surface area (Å²) in [5, 5.41) is 10.5. The number of methoxy groups -OCH3 is 1. The number of Topliss-reactive ketones (excluding diaryl/α,β-unsaturated/α-hetero) is 1. The summed E-state index contributed by atoms with van der Waals surface area (Å²) in [5.41, 5.74) is 0.441. The van der Waals surface area contributed by atoms with Gasteiger partial charge in [-0.25, -0.2) is 0 Å². The lowest BCUT2D eigenvalue weighted by Gasteiger charge is -2.47. The SMILES string of the molecule is COc1cccc2c1C(=O)C1(C=CC(C)(C)C(O)N1C)C2. The number of aliphatic hydroxyl groups excluding tert-OH is 1. The summed E-state index contributed by atoms with van der Waals surface area (Å²) in [6.45, 7) is 3.93. The molecule has 3 rings (SSSR count). The van der Waals surface area contributed by atoms with E-state index < -0.39 is 11.8 Å². The molecular weight excluding hydrogens is 266 g/mol. The van der Waals surface area contributed by atoms with Crippen LogP contribution in [0.1, 0.15) is 29.8 Å². The van der Waals surface area contributed by atoms with Crippen molar-refractivity contribution in [2.24, 2.45) is 5.41 Å². The van der Waals surface area contributed by atoms with Gasteiger partial charge in [0.1, 0.15) is 17.5 Å². The van der Waals surface area contributed by atoms with Crippen LogP contribution < -0.4 is 4.74 Å². The molecule has 0 amide bonds. The quantitative estimate of drug-likeness (QED) is 0.803. The van der Waals surface area contributed by atoms with Gasteiger partial charge in [0.05, 0.1) is 12.7 Å². The molecule has 21 heavy (non-hydrogen) atoms. The number of likely N-dealkylation sites (N-methyl/N-ethyl adjacent to an activating group) is 1. The van der Waals surface area contributed by atoms with Crippen molar-refractivity contribution in [1.82, 2.24) is 4.90 Å². The fourth-order valence-electron chi connectivity index (χ4n) is 3.43. The molecule has 1 aliphatic heterocycles. The molecule has 2 aliphatic rings. The van der Waals surface area contributed by atoms with E-state index in [-0.39, 0.29) is 11.2 Å². The first kappa shape index (κ1) is 14.3. The number of ether oxygens (including phenoxy) is 1. The van der Waals surface area contributed by atoms with Gasteiger partial charge in [0.2, 0.25) is 0 Å². The number of fused-ring (bicyclic) bond motifs is 1. The summed E-state index contributed by atoms with van der Waals surface area (Å²) in [4.78, 5) is 14.8. The highest BCUT2D eigenvalue weighted by Crippen LogP contribution is 2.45. The summed E-state index contributed by atoms with van der Waals surface area (Å²) in [5.74, 6) is 0.610. The molecule has 1 aromatic carbocycles. The van der Waals surface area contributed by atoms with Crippen molar-refractivity contribution in [3.05, 3.63) is 41.5 Å². The molecular formula is C17H21NO3. The number of hydrogen-bond acceptors (Lipinski definition) is 4. The van der Waals surface area contributed by atoms with E-state index in [0.29, 0.717) is 17.7 Å². The van der Waals surface area contributed by atoms with Crippen LogP contribution in [0.2, 0.25) is 0 Å². The van der Waals surface area contributed by atoms with Gasteiger partial charge in [-0.15, -0.1) is 0 Å². The molecule has 4 nitrogen and oxygen atoms in total. The molecule has 0 radical (unpaired) electrons. The van der Waals surface area contributed by atoms with E-state index in [0.717, 1.165) is 5.56 Å². The molecule has 2 atom stereocenters. The molecule has 112 valence electrons. The number of nitrogens with zero attached hydrogens (tertiary/aromatic N) is 1. The van der Waals surface area contributed by atoms with E-state index in [1.165, 1.54) is 0 Å². The molecule has 0 fully saturated rings. The molecule has 0 saturated heterocycles. The molecule has 0 bridgehead atoms. The largest absolute Gasteiger partial charge is 0.496 e. The van der Waals surface area contributed by atoms with Crippen LogP contribution in [0.3, 0.4) is 0 Å². The number of carbonyl (C=O) groups excluding carboxylic acids is 1. The molecule has 1 aliphatic carbocycles. The predicted octanol–water partition coefficient (Wildman–Crippen LogP) is 2.02. The first-order valence-electron chi connectivity index (χ1n) is 7.15. The average molecular weight is 287 g/mol. The van der Waals surface area contributed by atoms with Crippen molar-refractivity contribution in [1.29, 1.82) is 0 Å². The lowest BCUT2D eigenvalue weighted by Crippen LogP contribution is -2.60. The number of ketones is 1. The maximum Gasteiger partial charge on any atom is 0.191 e. The van der Waals surface area contributed by atoms with Gasteiger partial charge in [-0.3, -0.25) is 9.69 Å². The fraction of sp³-hybridized carbons (Fsp3) is 0.471. The monoisotopic (exact) mass is 287 g/mol. The summed E-state index contributed by atoms with van der Waals surface area (Å²) in [6, 6.07) is 5.66. The minimum absolute atomic E-state index is 0.00301. The lowest BCUT2D eigenvalue weighted by atomic mass is 9.78. The highest BCUT2D eigenvalue weighted by molar-refractivity contribution is 6.11. The minimum atomic E-state index is -0.800. The van der Waals surface area contributed by atoms with Crippen LogP contribution >= 0.6 is 0 Å². The molecule has 1 aromatic rings. The zero-order valence-corrected chi connectivity index (χ0v) is 12.9. The Morgan fingerprint density at radius 3 is 2.71 bits per heavy atom. The van der Waals surface area contributed by atoms with Gasteiger partial charge in [0.15, 0.2) is 5.78 Å². The van der Waals surface area contributed by atoms with E-state index in [1.54, 1.807) is 12.0 Å².